The predicted molar refractivity (Wildman–Crippen MR) is 159 cm³/mol. The molecule has 1 N–H and O–H groups in total. The van der Waals surface area contributed by atoms with Crippen LogP contribution < -0.4 is 14.9 Å². The molecule has 0 saturated heterocycles. The highest BCUT2D eigenvalue weighted by molar-refractivity contribution is 6.15. The first kappa shape index (κ1) is 34.9. The van der Waals surface area contributed by atoms with Crippen LogP contribution in [0.15, 0.2) is 33.7 Å². The van der Waals surface area contributed by atoms with Crippen molar-refractivity contribution in [1.82, 2.24) is 4.57 Å². The van der Waals surface area contributed by atoms with Crippen LogP contribution in [0.1, 0.15) is 61.5 Å². The number of aliphatic imine (C=N–C) groups is 1. The molecule has 0 spiro atoms. The lowest BCUT2D eigenvalue weighted by molar-refractivity contribution is -0.137. The van der Waals surface area contributed by atoms with Crippen molar-refractivity contribution in [2.75, 3.05) is 27.4 Å². The van der Waals surface area contributed by atoms with Gasteiger partial charge in [0.2, 0.25) is 17.1 Å². The zero-order valence-electron chi connectivity index (χ0n) is 25.8. The summed E-state index contributed by atoms with van der Waals surface area (Å²) in [6.07, 6.45) is 5.71. The van der Waals surface area contributed by atoms with Gasteiger partial charge in [0.15, 0.2) is 29.0 Å². The van der Waals surface area contributed by atoms with Crippen LogP contribution in [-0.2, 0) is 14.3 Å². The van der Waals surface area contributed by atoms with E-state index in [1.165, 1.54) is 13.3 Å². The van der Waals surface area contributed by atoms with Gasteiger partial charge >= 0.3 is 11.9 Å². The van der Waals surface area contributed by atoms with E-state index in [0.717, 1.165) is 45.1 Å². The Kier molecular flexibility index (Phi) is 10.9. The summed E-state index contributed by atoms with van der Waals surface area (Å²) in [6, 6.07) is 1.28. The van der Waals surface area contributed by atoms with Gasteiger partial charge in [-0.15, -0.1) is 0 Å². The van der Waals surface area contributed by atoms with E-state index < -0.39 is 69.1 Å². The fourth-order valence-corrected chi connectivity index (χ4v) is 4.51. The van der Waals surface area contributed by atoms with E-state index >= 15 is 0 Å². The van der Waals surface area contributed by atoms with Crippen LogP contribution >= 0.6 is 0 Å². The van der Waals surface area contributed by atoms with Crippen LogP contribution in [0.25, 0.3) is 16.7 Å². The minimum atomic E-state index is -1.53. The van der Waals surface area contributed by atoms with Crippen LogP contribution in [0, 0.1) is 29.1 Å². The SMILES string of the molecule is CCOC(=O)C(C=NC1CC1)=C(O)c1cc(F)c(F)c(OC)c1F.CCOC(=O)c1cn(C2CC2)c2c(OC)c(F)c(F)cc2c1=O. The van der Waals surface area contributed by atoms with Gasteiger partial charge in [-0.25, -0.2) is 22.8 Å². The van der Waals surface area contributed by atoms with E-state index in [-0.39, 0.29) is 47.5 Å². The number of nitrogens with zero attached hydrogens (tertiary/aromatic N) is 2. The summed E-state index contributed by atoms with van der Waals surface area (Å²) >= 11 is 0. The van der Waals surface area contributed by atoms with Gasteiger partial charge in [0.1, 0.15) is 16.9 Å². The molecule has 0 atom stereocenters. The average molecular weight is 667 g/mol. The molecular formula is C32H31F5N2O8. The summed E-state index contributed by atoms with van der Waals surface area (Å²) in [4.78, 5) is 40.5. The Morgan fingerprint density at radius 1 is 0.894 bits per heavy atom. The second-order valence-electron chi connectivity index (χ2n) is 10.4. The monoisotopic (exact) mass is 666 g/mol. The number of carbonyl (C=O) groups excluding carboxylic acids is 2. The third-order valence-corrected chi connectivity index (χ3v) is 7.09. The van der Waals surface area contributed by atoms with E-state index in [9.17, 15) is 41.4 Å². The summed E-state index contributed by atoms with van der Waals surface area (Å²) in [6.45, 7) is 3.29. The molecule has 3 aromatic rings. The number of carbonyl (C=O) groups is 2. The van der Waals surface area contributed by atoms with Crippen LogP contribution in [0.2, 0.25) is 0 Å². The molecule has 47 heavy (non-hydrogen) atoms. The Hall–Kier alpha value is -4.95. The fourth-order valence-electron chi connectivity index (χ4n) is 4.51. The molecule has 0 aliphatic heterocycles. The molecule has 5 rings (SSSR count). The lowest BCUT2D eigenvalue weighted by Crippen LogP contribution is -2.21. The average Bonchev–Trinajstić information content (AvgIpc) is 3.97. The quantitative estimate of drug-likeness (QED) is 0.0700. The molecule has 10 nitrogen and oxygen atoms in total. The Bertz CT molecular complexity index is 1830. The molecule has 0 amide bonds. The van der Waals surface area contributed by atoms with Crippen molar-refractivity contribution in [1.29, 1.82) is 0 Å². The molecule has 2 fully saturated rings. The fraction of sp³-hybridized carbons (Fsp3) is 0.375. The molecule has 2 aromatic carbocycles. The third kappa shape index (κ3) is 7.39. The number of methoxy groups -OCH3 is 2. The smallest absolute Gasteiger partial charge is 0.343 e. The maximum absolute atomic E-state index is 14.3. The van der Waals surface area contributed by atoms with E-state index in [1.54, 1.807) is 18.4 Å². The van der Waals surface area contributed by atoms with Gasteiger partial charge in [-0.05, 0) is 51.7 Å². The number of aliphatic hydroxyl groups excluding tert-OH is 1. The summed E-state index contributed by atoms with van der Waals surface area (Å²) in [7, 11) is 2.16. The van der Waals surface area contributed by atoms with E-state index in [0.29, 0.717) is 6.07 Å². The number of aliphatic hydroxyl groups is 1. The Balaban J connectivity index is 0.000000213. The molecule has 1 aromatic heterocycles. The highest BCUT2D eigenvalue weighted by atomic mass is 19.2. The minimum Gasteiger partial charge on any atom is -0.506 e. The highest BCUT2D eigenvalue weighted by Gasteiger charge is 2.31. The van der Waals surface area contributed by atoms with E-state index in [2.05, 4.69) is 9.73 Å². The number of halogens is 5. The van der Waals surface area contributed by atoms with Crippen LogP contribution in [-0.4, -0.2) is 61.3 Å². The summed E-state index contributed by atoms with van der Waals surface area (Å²) < 4.78 is 89.8. The van der Waals surface area contributed by atoms with Crippen molar-refractivity contribution < 1.29 is 55.6 Å². The van der Waals surface area contributed by atoms with Gasteiger partial charge in [0, 0.05) is 18.5 Å². The van der Waals surface area contributed by atoms with Gasteiger partial charge in [0.25, 0.3) is 0 Å². The standard InChI is InChI=1S/C16H16F3NO4.C16H15F2NO4/c1-3-24-16(22)10(7-20-8-4-5-8)14(21)9-6-11(17)13(19)15(23-2)12(9)18;1-3-23-16(21)10-7-19(8-4-5-8)13-9(14(10)20)6-11(17)12(18)15(13)22-2/h6-8,21H,3-5H2,1-2H3;6-8H,3-5H2,1-2H3. The van der Waals surface area contributed by atoms with Gasteiger partial charge < -0.3 is 28.6 Å². The van der Waals surface area contributed by atoms with Crippen molar-refractivity contribution in [3.05, 3.63) is 74.3 Å². The molecule has 0 radical (unpaired) electrons. The number of ether oxygens (including phenoxy) is 4. The van der Waals surface area contributed by atoms with Crippen molar-refractivity contribution in [3.63, 3.8) is 0 Å². The number of benzene rings is 2. The van der Waals surface area contributed by atoms with Crippen molar-refractivity contribution >= 4 is 34.8 Å². The molecule has 15 heteroatoms. The van der Waals surface area contributed by atoms with Crippen molar-refractivity contribution in [3.8, 4) is 11.5 Å². The number of fused-ring (bicyclic) bond motifs is 1. The topological polar surface area (TPSA) is 126 Å². The zero-order chi connectivity index (χ0) is 34.6. The minimum absolute atomic E-state index is 0.0104. The van der Waals surface area contributed by atoms with E-state index in [1.807, 2.05) is 0 Å². The van der Waals surface area contributed by atoms with E-state index in [4.69, 9.17) is 14.2 Å². The number of aromatic nitrogens is 1. The van der Waals surface area contributed by atoms with Crippen LogP contribution in [0.3, 0.4) is 0 Å². The second kappa shape index (κ2) is 14.6. The summed E-state index contributed by atoms with van der Waals surface area (Å²) in [5.74, 6) is -10.6. The van der Waals surface area contributed by atoms with Gasteiger partial charge in [-0.3, -0.25) is 9.79 Å². The van der Waals surface area contributed by atoms with Crippen molar-refractivity contribution in [2.45, 2.75) is 51.6 Å². The zero-order valence-corrected chi connectivity index (χ0v) is 25.8. The molecule has 1 heterocycles. The van der Waals surface area contributed by atoms with Gasteiger partial charge in [0.05, 0.1) is 49.9 Å². The number of hydrogen-bond donors (Lipinski definition) is 1. The van der Waals surface area contributed by atoms with Gasteiger partial charge in [-0.2, -0.15) is 8.78 Å². The molecule has 2 aliphatic carbocycles. The second-order valence-corrected chi connectivity index (χ2v) is 10.4. The number of pyridine rings is 1. The molecule has 0 bridgehead atoms. The molecule has 252 valence electrons. The summed E-state index contributed by atoms with van der Waals surface area (Å²) in [5, 5.41) is 10.1. The number of esters is 2. The van der Waals surface area contributed by atoms with Crippen LogP contribution in [0.4, 0.5) is 22.0 Å². The Morgan fingerprint density at radius 3 is 2.04 bits per heavy atom. The highest BCUT2D eigenvalue weighted by Crippen LogP contribution is 2.40. The number of rotatable bonds is 10. The Labute approximate surface area is 265 Å². The first-order valence-electron chi connectivity index (χ1n) is 14.5. The molecular weight excluding hydrogens is 635 g/mol. The first-order valence-corrected chi connectivity index (χ1v) is 14.5. The Morgan fingerprint density at radius 2 is 1.49 bits per heavy atom. The van der Waals surface area contributed by atoms with Crippen LogP contribution in [0.5, 0.6) is 11.5 Å². The maximum atomic E-state index is 14.3. The lowest BCUT2D eigenvalue weighted by Gasteiger charge is -2.16. The normalized spacial score (nSPS) is 14.7. The maximum Gasteiger partial charge on any atom is 0.343 e. The molecule has 0 unspecified atom stereocenters. The predicted octanol–water partition coefficient (Wildman–Crippen LogP) is 5.98. The first-order chi connectivity index (χ1) is 22.4. The number of hydrogen-bond acceptors (Lipinski definition) is 9. The van der Waals surface area contributed by atoms with Crippen molar-refractivity contribution in [2.24, 2.45) is 4.99 Å². The summed E-state index contributed by atoms with van der Waals surface area (Å²) in [5.41, 5.74) is -1.91. The molecule has 2 saturated carbocycles. The lowest BCUT2D eigenvalue weighted by atomic mass is 10.1. The largest absolute Gasteiger partial charge is 0.506 e. The molecule has 2 aliphatic rings. The third-order valence-electron chi connectivity index (χ3n) is 7.09. The van der Waals surface area contributed by atoms with Gasteiger partial charge in [-0.1, -0.05) is 0 Å².